The van der Waals surface area contributed by atoms with E-state index in [0.717, 1.165) is 16.5 Å². The van der Waals surface area contributed by atoms with Crippen molar-refractivity contribution < 1.29 is 8.42 Å². The second-order valence-electron chi connectivity index (χ2n) is 7.80. The number of rotatable bonds is 6. The van der Waals surface area contributed by atoms with Crippen molar-refractivity contribution in [3.63, 3.8) is 0 Å². The number of hydrogen-bond donors (Lipinski definition) is 2. The molecule has 3 aromatic rings. The quantitative estimate of drug-likeness (QED) is 0.605. The summed E-state index contributed by atoms with van der Waals surface area (Å²) in [6, 6.07) is 13.0. The SMILES string of the molecule is Cc1cc(C)c(S(=O)(=O)NC(Cn2cc(C#N)c3ccccc32)C(C)C)c(N)c1. The molecule has 1 atom stereocenters. The molecule has 0 aliphatic heterocycles. The third-order valence-corrected chi connectivity index (χ3v) is 6.84. The number of anilines is 1. The van der Waals surface area contributed by atoms with Crippen LogP contribution in [0, 0.1) is 31.1 Å². The van der Waals surface area contributed by atoms with E-state index in [1.54, 1.807) is 19.2 Å². The number of nitrogens with two attached hydrogens (primary N) is 1. The Hall–Kier alpha value is -2.82. The number of hydrogen-bond acceptors (Lipinski definition) is 4. The molecule has 0 saturated heterocycles. The van der Waals surface area contributed by atoms with Crippen LogP contribution in [-0.2, 0) is 16.6 Å². The first-order chi connectivity index (χ1) is 13.6. The molecular weight excluding hydrogens is 384 g/mol. The van der Waals surface area contributed by atoms with Crippen LogP contribution in [0.5, 0.6) is 0 Å². The lowest BCUT2D eigenvalue weighted by Gasteiger charge is -2.24. The zero-order valence-electron chi connectivity index (χ0n) is 17.1. The summed E-state index contributed by atoms with van der Waals surface area (Å²) < 4.78 is 31.1. The minimum absolute atomic E-state index is 0.0310. The van der Waals surface area contributed by atoms with Gasteiger partial charge in [-0.2, -0.15) is 5.26 Å². The van der Waals surface area contributed by atoms with Gasteiger partial charge < -0.3 is 10.3 Å². The summed E-state index contributed by atoms with van der Waals surface area (Å²) in [5.41, 5.74) is 9.31. The van der Waals surface area contributed by atoms with Crippen molar-refractivity contribution in [2.24, 2.45) is 5.92 Å². The number of nitrogens with zero attached hydrogens (tertiary/aromatic N) is 2. The standard InChI is InChI=1S/C22H26N4O2S/c1-14(2)20(13-26-12-17(11-23)18-7-5-6-8-21(18)26)25-29(27,28)22-16(4)9-15(3)10-19(22)24/h5-10,12,14,20,25H,13,24H2,1-4H3. The van der Waals surface area contributed by atoms with E-state index in [2.05, 4.69) is 10.8 Å². The predicted molar refractivity (Wildman–Crippen MR) is 116 cm³/mol. The molecule has 0 spiro atoms. The molecule has 1 heterocycles. The van der Waals surface area contributed by atoms with Crippen molar-refractivity contribution in [2.45, 2.75) is 45.2 Å². The van der Waals surface area contributed by atoms with Crippen LogP contribution in [0.25, 0.3) is 10.9 Å². The number of nitrogen functional groups attached to an aromatic ring is 1. The van der Waals surface area contributed by atoms with Crippen LogP contribution < -0.4 is 10.5 Å². The van der Waals surface area contributed by atoms with Crippen LogP contribution in [0.4, 0.5) is 5.69 Å². The second kappa shape index (κ2) is 7.90. The summed E-state index contributed by atoms with van der Waals surface area (Å²) in [7, 11) is -3.81. The second-order valence-corrected chi connectivity index (χ2v) is 9.45. The van der Waals surface area contributed by atoms with E-state index in [-0.39, 0.29) is 22.5 Å². The number of para-hydroxylation sites is 1. The number of sulfonamides is 1. The normalized spacial score (nSPS) is 13.0. The highest BCUT2D eigenvalue weighted by Gasteiger charge is 2.27. The van der Waals surface area contributed by atoms with Gasteiger partial charge in [-0.15, -0.1) is 0 Å². The van der Waals surface area contributed by atoms with E-state index in [1.807, 2.05) is 55.7 Å². The first-order valence-corrected chi connectivity index (χ1v) is 11.0. The van der Waals surface area contributed by atoms with Crippen LogP contribution in [0.1, 0.15) is 30.5 Å². The molecule has 0 aliphatic rings. The summed E-state index contributed by atoms with van der Waals surface area (Å²) in [5.74, 6) is 0.0310. The van der Waals surface area contributed by atoms with Gasteiger partial charge in [-0.1, -0.05) is 38.1 Å². The average Bonchev–Trinajstić information content (AvgIpc) is 2.97. The zero-order valence-corrected chi connectivity index (χ0v) is 17.9. The Morgan fingerprint density at radius 2 is 1.90 bits per heavy atom. The van der Waals surface area contributed by atoms with E-state index in [4.69, 9.17) is 5.73 Å². The Balaban J connectivity index is 1.98. The summed E-state index contributed by atoms with van der Waals surface area (Å²) in [6.07, 6.45) is 1.78. The van der Waals surface area contributed by atoms with Gasteiger partial charge in [0.05, 0.1) is 11.3 Å². The molecule has 3 N–H and O–H groups in total. The van der Waals surface area contributed by atoms with Crippen LogP contribution in [0.2, 0.25) is 0 Å². The Morgan fingerprint density at radius 3 is 2.52 bits per heavy atom. The lowest BCUT2D eigenvalue weighted by atomic mass is 10.1. The molecule has 29 heavy (non-hydrogen) atoms. The lowest BCUT2D eigenvalue weighted by molar-refractivity contribution is 0.403. The minimum atomic E-state index is -3.81. The van der Waals surface area contributed by atoms with E-state index in [9.17, 15) is 13.7 Å². The maximum Gasteiger partial charge on any atom is 0.243 e. The summed E-state index contributed by atoms with van der Waals surface area (Å²) in [5, 5.41) is 10.3. The Bertz CT molecular complexity index is 1180. The van der Waals surface area contributed by atoms with Crippen LogP contribution >= 0.6 is 0 Å². The van der Waals surface area contributed by atoms with Crippen molar-refractivity contribution in [1.29, 1.82) is 5.26 Å². The molecule has 1 aromatic heterocycles. The Kier molecular flexibility index (Phi) is 5.69. The van der Waals surface area contributed by atoms with Gasteiger partial charge in [0.25, 0.3) is 0 Å². The van der Waals surface area contributed by atoms with Crippen molar-refractivity contribution in [3.8, 4) is 6.07 Å². The van der Waals surface area contributed by atoms with Gasteiger partial charge in [0.15, 0.2) is 0 Å². The Labute approximate surface area is 172 Å². The number of fused-ring (bicyclic) bond motifs is 1. The fourth-order valence-corrected chi connectivity index (χ4v) is 5.41. The molecule has 2 aromatic carbocycles. The maximum atomic E-state index is 13.2. The van der Waals surface area contributed by atoms with Crippen LogP contribution in [-0.4, -0.2) is 19.0 Å². The first kappa shape index (κ1) is 20.9. The van der Waals surface area contributed by atoms with Crippen LogP contribution in [0.15, 0.2) is 47.5 Å². The molecule has 0 amide bonds. The lowest BCUT2D eigenvalue weighted by Crippen LogP contribution is -2.41. The van der Waals surface area contributed by atoms with E-state index >= 15 is 0 Å². The van der Waals surface area contributed by atoms with Gasteiger partial charge in [0, 0.05) is 29.7 Å². The van der Waals surface area contributed by atoms with Gasteiger partial charge in [0.2, 0.25) is 10.0 Å². The molecule has 0 saturated carbocycles. The third-order valence-electron chi connectivity index (χ3n) is 5.13. The number of benzene rings is 2. The molecule has 0 radical (unpaired) electrons. The fourth-order valence-electron chi connectivity index (χ4n) is 3.70. The molecule has 7 heteroatoms. The largest absolute Gasteiger partial charge is 0.398 e. The average molecular weight is 411 g/mol. The number of aryl methyl sites for hydroxylation is 2. The third kappa shape index (κ3) is 4.14. The molecule has 0 bridgehead atoms. The minimum Gasteiger partial charge on any atom is -0.398 e. The summed E-state index contributed by atoms with van der Waals surface area (Å²) in [4.78, 5) is 0.129. The maximum absolute atomic E-state index is 13.2. The van der Waals surface area contributed by atoms with Crippen LogP contribution in [0.3, 0.4) is 0 Å². The highest BCUT2D eigenvalue weighted by molar-refractivity contribution is 7.89. The van der Waals surface area contributed by atoms with E-state index in [0.29, 0.717) is 17.7 Å². The number of aromatic nitrogens is 1. The highest BCUT2D eigenvalue weighted by Crippen LogP contribution is 2.26. The topological polar surface area (TPSA) is 101 Å². The molecular formula is C22H26N4O2S. The van der Waals surface area contributed by atoms with Crippen molar-refractivity contribution in [2.75, 3.05) is 5.73 Å². The first-order valence-electron chi connectivity index (χ1n) is 9.51. The van der Waals surface area contributed by atoms with Crippen molar-refractivity contribution in [3.05, 3.63) is 59.3 Å². The smallest absolute Gasteiger partial charge is 0.243 e. The molecule has 0 aliphatic carbocycles. The Morgan fingerprint density at radius 1 is 1.21 bits per heavy atom. The predicted octanol–water partition coefficient (Wildman–Crippen LogP) is 3.72. The molecule has 152 valence electrons. The van der Waals surface area contributed by atoms with Crippen molar-refractivity contribution >= 4 is 26.6 Å². The van der Waals surface area contributed by atoms with Gasteiger partial charge >= 0.3 is 0 Å². The molecule has 3 rings (SSSR count). The number of nitriles is 1. The zero-order chi connectivity index (χ0) is 21.3. The summed E-state index contributed by atoms with van der Waals surface area (Å²) in [6.45, 7) is 7.98. The van der Waals surface area contributed by atoms with E-state index in [1.165, 1.54) is 0 Å². The molecule has 6 nitrogen and oxygen atoms in total. The molecule has 0 fully saturated rings. The van der Waals surface area contributed by atoms with Gasteiger partial charge in [0.1, 0.15) is 11.0 Å². The highest BCUT2D eigenvalue weighted by atomic mass is 32.2. The monoisotopic (exact) mass is 410 g/mol. The van der Waals surface area contributed by atoms with Gasteiger partial charge in [-0.3, -0.25) is 0 Å². The fraction of sp³-hybridized carbons (Fsp3) is 0.318. The van der Waals surface area contributed by atoms with E-state index < -0.39 is 10.0 Å². The van der Waals surface area contributed by atoms with Gasteiger partial charge in [-0.25, -0.2) is 13.1 Å². The number of nitrogens with one attached hydrogen (secondary N) is 1. The van der Waals surface area contributed by atoms with Crippen molar-refractivity contribution in [1.82, 2.24) is 9.29 Å². The molecule has 1 unspecified atom stereocenters. The van der Waals surface area contributed by atoms with Gasteiger partial charge in [-0.05, 0) is 43.0 Å². The summed E-state index contributed by atoms with van der Waals surface area (Å²) >= 11 is 0.